The van der Waals surface area contributed by atoms with Gasteiger partial charge in [-0.2, -0.15) is 10.5 Å². The summed E-state index contributed by atoms with van der Waals surface area (Å²) in [4.78, 5) is 0. The highest BCUT2D eigenvalue weighted by atomic mass is 16.6. The van der Waals surface area contributed by atoms with E-state index in [0.717, 1.165) is 0 Å². The summed E-state index contributed by atoms with van der Waals surface area (Å²) < 4.78 is 21.1. The van der Waals surface area contributed by atoms with E-state index in [1.54, 1.807) is 18.2 Å². The largest absolute Gasteiger partial charge is 0.490 e. The fourth-order valence-corrected chi connectivity index (χ4v) is 1.68. The monoisotopic (exact) mass is 320 g/mol. The Kier molecular flexibility index (Phi) is 10.2. The molecule has 23 heavy (non-hydrogen) atoms. The zero-order chi connectivity index (χ0) is 16.8. The number of ether oxygens (including phenoxy) is 4. The number of hydrogen-bond donors (Lipinski definition) is 1. The molecule has 0 unspecified atom stereocenters. The molecule has 0 heterocycles. The van der Waals surface area contributed by atoms with Crippen molar-refractivity contribution in [1.82, 2.24) is 0 Å². The molecule has 0 aliphatic rings. The van der Waals surface area contributed by atoms with Crippen molar-refractivity contribution >= 4 is 0 Å². The average molecular weight is 320 g/mol. The minimum absolute atomic E-state index is 0.00784. The van der Waals surface area contributed by atoms with Crippen LogP contribution in [0.2, 0.25) is 0 Å². The molecule has 0 saturated heterocycles. The Hall–Kier alpha value is -2.16. The van der Waals surface area contributed by atoms with E-state index in [9.17, 15) is 0 Å². The molecule has 0 amide bonds. The standard InChI is InChI=1S/C16H20N2O5/c17-12-14-2-1-3-16(15(14)13-18)23-11-10-22-9-8-21-7-6-20-5-4-19/h1-3,19H,4-11H2. The first-order valence-corrected chi connectivity index (χ1v) is 7.23. The second kappa shape index (κ2) is 12.4. The van der Waals surface area contributed by atoms with Crippen molar-refractivity contribution in [2.75, 3.05) is 52.9 Å². The van der Waals surface area contributed by atoms with Gasteiger partial charge in [-0.15, -0.1) is 0 Å². The third kappa shape index (κ3) is 7.59. The van der Waals surface area contributed by atoms with Crippen LogP contribution >= 0.6 is 0 Å². The average Bonchev–Trinajstić information content (AvgIpc) is 2.59. The van der Waals surface area contributed by atoms with Gasteiger partial charge in [-0.05, 0) is 12.1 Å². The molecule has 0 aliphatic carbocycles. The zero-order valence-electron chi connectivity index (χ0n) is 12.9. The first kappa shape index (κ1) is 18.9. The number of benzene rings is 1. The highest BCUT2D eigenvalue weighted by Gasteiger charge is 2.08. The minimum Gasteiger partial charge on any atom is -0.490 e. The van der Waals surface area contributed by atoms with Crippen LogP contribution in [0.3, 0.4) is 0 Å². The Morgan fingerprint density at radius 3 is 2.00 bits per heavy atom. The van der Waals surface area contributed by atoms with Gasteiger partial charge >= 0.3 is 0 Å². The summed E-state index contributed by atoms with van der Waals surface area (Å²) in [6, 6.07) is 8.81. The van der Waals surface area contributed by atoms with Crippen molar-refractivity contribution in [3.8, 4) is 17.9 Å². The molecule has 0 bridgehead atoms. The van der Waals surface area contributed by atoms with Crippen molar-refractivity contribution < 1.29 is 24.1 Å². The molecular weight excluding hydrogens is 300 g/mol. The van der Waals surface area contributed by atoms with Crippen LogP contribution in [0.25, 0.3) is 0 Å². The molecule has 1 rings (SSSR count). The lowest BCUT2D eigenvalue weighted by atomic mass is 10.1. The third-order valence-corrected chi connectivity index (χ3v) is 2.72. The smallest absolute Gasteiger partial charge is 0.138 e. The molecule has 1 aromatic rings. The van der Waals surface area contributed by atoms with E-state index in [-0.39, 0.29) is 18.8 Å². The fourth-order valence-electron chi connectivity index (χ4n) is 1.68. The van der Waals surface area contributed by atoms with Gasteiger partial charge in [0.1, 0.15) is 30.1 Å². The van der Waals surface area contributed by atoms with E-state index in [2.05, 4.69) is 0 Å². The molecule has 0 atom stereocenters. The van der Waals surface area contributed by atoms with Gasteiger partial charge in [0.25, 0.3) is 0 Å². The Balaban J connectivity index is 2.10. The molecule has 7 heteroatoms. The molecule has 124 valence electrons. The van der Waals surface area contributed by atoms with E-state index in [1.165, 1.54) is 0 Å². The van der Waals surface area contributed by atoms with Crippen LogP contribution in [0, 0.1) is 22.7 Å². The highest BCUT2D eigenvalue weighted by Crippen LogP contribution is 2.20. The van der Waals surface area contributed by atoms with Crippen molar-refractivity contribution in [1.29, 1.82) is 10.5 Å². The number of aliphatic hydroxyl groups is 1. The topological polar surface area (TPSA) is 105 Å². The Morgan fingerprint density at radius 2 is 1.43 bits per heavy atom. The van der Waals surface area contributed by atoms with Crippen LogP contribution in [-0.4, -0.2) is 58.0 Å². The second-order valence-corrected chi connectivity index (χ2v) is 4.31. The predicted molar refractivity (Wildman–Crippen MR) is 80.9 cm³/mol. The number of aliphatic hydroxyl groups excluding tert-OH is 1. The molecule has 1 aromatic carbocycles. The second-order valence-electron chi connectivity index (χ2n) is 4.31. The van der Waals surface area contributed by atoms with Crippen LogP contribution in [-0.2, 0) is 14.2 Å². The van der Waals surface area contributed by atoms with E-state index in [4.69, 9.17) is 34.6 Å². The lowest BCUT2D eigenvalue weighted by Crippen LogP contribution is -2.13. The lowest BCUT2D eigenvalue weighted by Gasteiger charge is -2.09. The quantitative estimate of drug-likeness (QED) is 0.569. The van der Waals surface area contributed by atoms with Crippen molar-refractivity contribution in [2.24, 2.45) is 0 Å². The maximum Gasteiger partial charge on any atom is 0.138 e. The molecule has 0 aromatic heterocycles. The van der Waals surface area contributed by atoms with E-state index < -0.39 is 0 Å². The number of rotatable bonds is 12. The number of nitriles is 2. The Labute approximate surface area is 135 Å². The third-order valence-electron chi connectivity index (χ3n) is 2.72. The van der Waals surface area contributed by atoms with Crippen LogP contribution in [0.5, 0.6) is 5.75 Å². The first-order valence-electron chi connectivity index (χ1n) is 7.23. The van der Waals surface area contributed by atoms with Gasteiger partial charge < -0.3 is 24.1 Å². The van der Waals surface area contributed by atoms with Crippen LogP contribution in [0.15, 0.2) is 18.2 Å². The summed E-state index contributed by atoms with van der Waals surface area (Å²) in [7, 11) is 0. The summed E-state index contributed by atoms with van der Waals surface area (Å²) in [5.41, 5.74) is 0.531. The van der Waals surface area contributed by atoms with Gasteiger partial charge in [-0.1, -0.05) is 6.07 Å². The van der Waals surface area contributed by atoms with Crippen LogP contribution in [0.4, 0.5) is 0 Å². The maximum absolute atomic E-state index is 9.05. The number of hydrogen-bond acceptors (Lipinski definition) is 7. The molecule has 7 nitrogen and oxygen atoms in total. The van der Waals surface area contributed by atoms with Gasteiger partial charge in [0.15, 0.2) is 0 Å². The Morgan fingerprint density at radius 1 is 0.826 bits per heavy atom. The lowest BCUT2D eigenvalue weighted by molar-refractivity contribution is 0.00360. The molecule has 0 radical (unpaired) electrons. The molecular formula is C16H20N2O5. The molecule has 1 N–H and O–H groups in total. The summed E-state index contributed by atoms with van der Waals surface area (Å²) >= 11 is 0. The SMILES string of the molecule is N#Cc1cccc(OCCOCCOCCOCCO)c1C#N. The minimum atomic E-state index is 0.00784. The molecule has 0 aliphatic heterocycles. The first-order chi connectivity index (χ1) is 11.3. The summed E-state index contributed by atoms with van der Waals surface area (Å²) in [6.07, 6.45) is 0. The van der Waals surface area contributed by atoms with Crippen molar-refractivity contribution in [3.05, 3.63) is 29.3 Å². The van der Waals surface area contributed by atoms with Crippen molar-refractivity contribution in [2.45, 2.75) is 0 Å². The van der Waals surface area contributed by atoms with Crippen molar-refractivity contribution in [3.63, 3.8) is 0 Å². The van der Waals surface area contributed by atoms with E-state index in [1.807, 2.05) is 12.1 Å². The zero-order valence-corrected chi connectivity index (χ0v) is 12.9. The van der Waals surface area contributed by atoms with Crippen LogP contribution < -0.4 is 4.74 Å². The summed E-state index contributed by atoms with van der Waals surface area (Å²) in [5, 5.41) is 26.5. The van der Waals surface area contributed by atoms with E-state index in [0.29, 0.717) is 51.0 Å². The van der Waals surface area contributed by atoms with Crippen LogP contribution in [0.1, 0.15) is 11.1 Å². The summed E-state index contributed by atoms with van der Waals surface area (Å²) in [6.45, 7) is 2.71. The normalized spacial score (nSPS) is 10.0. The fraction of sp³-hybridized carbons (Fsp3) is 0.500. The van der Waals surface area contributed by atoms with Gasteiger partial charge in [-0.25, -0.2) is 0 Å². The van der Waals surface area contributed by atoms with E-state index >= 15 is 0 Å². The van der Waals surface area contributed by atoms with Gasteiger partial charge in [0.05, 0.1) is 51.8 Å². The van der Waals surface area contributed by atoms with Gasteiger partial charge in [0.2, 0.25) is 0 Å². The molecule has 0 saturated carbocycles. The molecule has 0 fully saturated rings. The summed E-state index contributed by atoms with van der Waals surface area (Å²) in [5.74, 6) is 0.382. The number of nitrogens with zero attached hydrogens (tertiary/aromatic N) is 2. The van der Waals surface area contributed by atoms with Gasteiger partial charge in [-0.3, -0.25) is 0 Å². The maximum atomic E-state index is 9.05. The molecule has 0 spiro atoms. The highest BCUT2D eigenvalue weighted by molar-refractivity contribution is 5.53. The van der Waals surface area contributed by atoms with Gasteiger partial charge in [0, 0.05) is 0 Å². The Bertz CT molecular complexity index is 536. The predicted octanol–water partition coefficient (Wildman–Crippen LogP) is 0.851.